The number of allylic oxidation sites excluding steroid dienone is 1. The lowest BCUT2D eigenvalue weighted by atomic mass is 9.60. The smallest absolute Gasteiger partial charge is 0.251 e. The van der Waals surface area contributed by atoms with Crippen LogP contribution in [0.1, 0.15) is 53.8 Å². The van der Waals surface area contributed by atoms with Crippen molar-refractivity contribution in [3.8, 4) is 5.69 Å². The molecule has 14 heteroatoms. The van der Waals surface area contributed by atoms with E-state index in [1.54, 1.807) is 23.0 Å². The molecule has 3 aliphatic carbocycles. The highest BCUT2D eigenvalue weighted by Crippen LogP contribution is 2.53. The third-order valence-corrected chi connectivity index (χ3v) is 11.4. The Hall–Kier alpha value is -3.94. The quantitative estimate of drug-likeness (QED) is 0.127. The Morgan fingerprint density at radius 2 is 1.72 bits per heavy atom. The van der Waals surface area contributed by atoms with Crippen molar-refractivity contribution in [1.29, 1.82) is 0 Å². The first-order chi connectivity index (χ1) is 21.9. The number of benzene rings is 1. The number of nitrogens with zero attached hydrogens (tertiary/aromatic N) is 5. The minimum atomic E-state index is -4.36. The van der Waals surface area contributed by atoms with Gasteiger partial charge in [0.05, 0.1) is 23.0 Å². The summed E-state index contributed by atoms with van der Waals surface area (Å²) in [7, 11) is -4.36. The van der Waals surface area contributed by atoms with Gasteiger partial charge in [-0.15, -0.1) is 0 Å². The van der Waals surface area contributed by atoms with Gasteiger partial charge in [-0.25, -0.2) is 35.6 Å². The van der Waals surface area contributed by atoms with Gasteiger partial charge in [-0.3, -0.25) is 9.78 Å². The molecule has 4 aromatic rings. The summed E-state index contributed by atoms with van der Waals surface area (Å²) in [5.41, 5.74) is 1.09. The molecule has 3 aromatic heterocycles. The molecule has 0 bridgehead atoms. The number of sulfonamides is 1. The molecule has 1 aromatic carbocycles. The topological polar surface area (TPSA) is 98.0 Å². The van der Waals surface area contributed by atoms with Crippen molar-refractivity contribution >= 4 is 33.5 Å². The number of halogens is 5. The zero-order valence-electron chi connectivity index (χ0n) is 24.1. The molecular weight excluding hydrogens is 646 g/mol. The van der Waals surface area contributed by atoms with Gasteiger partial charge in [0.25, 0.3) is 5.92 Å². The zero-order valence-corrected chi connectivity index (χ0v) is 25.7. The van der Waals surface area contributed by atoms with Crippen LogP contribution in [0.3, 0.4) is 0 Å². The van der Waals surface area contributed by atoms with Crippen LogP contribution in [0.5, 0.6) is 0 Å². The van der Waals surface area contributed by atoms with E-state index in [1.165, 1.54) is 30.5 Å². The minimum Gasteiger partial charge on any atom is -0.291 e. The summed E-state index contributed by atoms with van der Waals surface area (Å²) in [5, 5.41) is 4.56. The van der Waals surface area contributed by atoms with E-state index in [0.717, 1.165) is 22.6 Å². The Kier molecular flexibility index (Phi) is 7.41. The van der Waals surface area contributed by atoms with Crippen LogP contribution in [0, 0.1) is 17.0 Å². The maximum atomic E-state index is 14.5. The number of alkyl halides is 2. The van der Waals surface area contributed by atoms with E-state index in [-0.39, 0.29) is 41.4 Å². The lowest BCUT2D eigenvalue weighted by molar-refractivity contribution is -0.116. The highest BCUT2D eigenvalue weighted by molar-refractivity contribution is 7.89. The molecule has 3 heterocycles. The third kappa shape index (κ3) is 5.23. The molecule has 7 rings (SSSR count). The number of aromatic nitrogens is 4. The SMILES string of the molecule is O=C(c1cc(F)ccn1)[C@]12Cc3cnn(-c4ccc(F)cc4)c3C=C1CC[C@H](N(C1CC(F)(F)C1)S(=O)(=O)c1ccc(Cl)nc1)C2. The number of carbonyl (C=O) groups is 1. The number of carbonyl (C=O) groups excluding carboxylic acids is 1. The van der Waals surface area contributed by atoms with Crippen molar-refractivity contribution < 1.29 is 30.8 Å². The van der Waals surface area contributed by atoms with Gasteiger partial charge in [-0.2, -0.15) is 9.40 Å². The fourth-order valence-corrected chi connectivity index (χ4v) is 8.89. The second-order valence-electron chi connectivity index (χ2n) is 12.0. The number of hydrogen-bond acceptors (Lipinski definition) is 6. The van der Waals surface area contributed by atoms with E-state index in [1.807, 2.05) is 6.08 Å². The van der Waals surface area contributed by atoms with Crippen molar-refractivity contribution in [1.82, 2.24) is 24.1 Å². The van der Waals surface area contributed by atoms with Gasteiger partial charge >= 0.3 is 0 Å². The summed E-state index contributed by atoms with van der Waals surface area (Å²) < 4.78 is 87.5. The van der Waals surface area contributed by atoms with Crippen LogP contribution in [-0.4, -0.2) is 56.3 Å². The normalized spacial score (nSPS) is 22.5. The Balaban J connectivity index is 1.33. The second-order valence-corrected chi connectivity index (χ2v) is 14.3. The van der Waals surface area contributed by atoms with Crippen LogP contribution in [-0.2, 0) is 16.4 Å². The molecular formula is C32H26ClF4N5O3S. The van der Waals surface area contributed by atoms with Crippen LogP contribution in [0.25, 0.3) is 11.8 Å². The number of fused-ring (bicyclic) bond motifs is 2. The average molecular weight is 672 g/mol. The van der Waals surface area contributed by atoms with Gasteiger partial charge in [0, 0.05) is 43.4 Å². The van der Waals surface area contributed by atoms with Gasteiger partial charge in [0.15, 0.2) is 5.78 Å². The molecule has 0 unspecified atom stereocenters. The molecule has 2 saturated carbocycles. The fraction of sp³-hybridized carbons (Fsp3) is 0.312. The summed E-state index contributed by atoms with van der Waals surface area (Å²) in [6.07, 6.45) is 4.87. The predicted molar refractivity (Wildman–Crippen MR) is 160 cm³/mol. The summed E-state index contributed by atoms with van der Waals surface area (Å²) in [5.74, 6) is -4.60. The first-order valence-corrected chi connectivity index (χ1v) is 16.4. The van der Waals surface area contributed by atoms with Crippen molar-refractivity contribution in [3.05, 3.63) is 106 Å². The van der Waals surface area contributed by atoms with Crippen LogP contribution >= 0.6 is 11.6 Å². The highest BCUT2D eigenvalue weighted by atomic mass is 35.5. The number of ketones is 1. The molecule has 2 fully saturated rings. The maximum Gasteiger partial charge on any atom is 0.251 e. The lowest BCUT2D eigenvalue weighted by Crippen LogP contribution is -2.59. The highest BCUT2D eigenvalue weighted by Gasteiger charge is 2.57. The molecule has 2 atom stereocenters. The minimum absolute atomic E-state index is 0.0562. The van der Waals surface area contributed by atoms with Crippen molar-refractivity contribution in [2.75, 3.05) is 0 Å². The molecule has 0 aliphatic heterocycles. The van der Waals surface area contributed by atoms with Gasteiger partial charge in [-0.05, 0) is 79.8 Å². The van der Waals surface area contributed by atoms with E-state index < -0.39 is 63.7 Å². The Labute approximate surface area is 266 Å². The largest absolute Gasteiger partial charge is 0.291 e. The number of Topliss-reactive ketones (excluding diaryl/α,β-unsaturated/α-hetero) is 1. The van der Waals surface area contributed by atoms with Crippen LogP contribution < -0.4 is 0 Å². The van der Waals surface area contributed by atoms with E-state index in [9.17, 15) is 30.8 Å². The van der Waals surface area contributed by atoms with Crippen LogP contribution in [0.2, 0.25) is 5.15 Å². The predicted octanol–water partition coefficient (Wildman–Crippen LogP) is 6.44. The first kappa shape index (κ1) is 30.7. The van der Waals surface area contributed by atoms with E-state index >= 15 is 0 Å². The summed E-state index contributed by atoms with van der Waals surface area (Å²) in [6, 6.07) is 8.64. The molecule has 46 heavy (non-hydrogen) atoms. The van der Waals surface area contributed by atoms with Crippen molar-refractivity contribution in [2.24, 2.45) is 5.41 Å². The monoisotopic (exact) mass is 671 g/mol. The standard InChI is InChI=1S/C32H26ClF4N5O3S/c33-29-8-7-26(18-39-29)46(44,45)42(25-15-32(36,37)16-25)24-4-1-20-11-28-19(17-40-41(28)23-5-2-21(34)3-6-23)13-31(20,14-24)30(43)27-12-22(35)9-10-38-27/h2-3,5-12,17-18,24-25H,1,4,13-16H2/t24-,31-/m0/s1. The van der Waals surface area contributed by atoms with Crippen molar-refractivity contribution in [3.63, 3.8) is 0 Å². The molecule has 238 valence electrons. The second kappa shape index (κ2) is 11.1. The molecule has 0 saturated heterocycles. The lowest BCUT2D eigenvalue weighted by Gasteiger charge is -2.50. The Bertz CT molecular complexity index is 1980. The maximum absolute atomic E-state index is 14.5. The summed E-state index contributed by atoms with van der Waals surface area (Å²) in [4.78, 5) is 22.3. The van der Waals surface area contributed by atoms with Crippen LogP contribution in [0.4, 0.5) is 17.6 Å². The van der Waals surface area contributed by atoms with Crippen molar-refractivity contribution in [2.45, 2.75) is 61.4 Å². The first-order valence-electron chi connectivity index (χ1n) is 14.6. The fourth-order valence-electron chi connectivity index (χ4n) is 7.00. The molecule has 0 amide bonds. The van der Waals surface area contributed by atoms with Gasteiger partial charge in [-0.1, -0.05) is 17.2 Å². The molecule has 0 spiro atoms. The van der Waals surface area contributed by atoms with Gasteiger partial charge < -0.3 is 0 Å². The van der Waals surface area contributed by atoms with Gasteiger partial charge in [0.1, 0.15) is 27.4 Å². The molecule has 3 aliphatic rings. The van der Waals surface area contributed by atoms with E-state index in [4.69, 9.17) is 11.6 Å². The Morgan fingerprint density at radius 3 is 2.39 bits per heavy atom. The third-order valence-electron chi connectivity index (χ3n) is 9.16. The number of hydrogen-bond donors (Lipinski definition) is 0. The summed E-state index contributed by atoms with van der Waals surface area (Å²) in [6.45, 7) is 0. The number of pyridine rings is 2. The van der Waals surface area contributed by atoms with Gasteiger partial charge in [0.2, 0.25) is 10.0 Å². The number of rotatable bonds is 7. The summed E-state index contributed by atoms with van der Waals surface area (Å²) >= 11 is 5.90. The molecule has 0 radical (unpaired) electrons. The molecule has 0 N–H and O–H groups in total. The van der Waals surface area contributed by atoms with E-state index in [2.05, 4.69) is 15.1 Å². The van der Waals surface area contributed by atoms with Crippen LogP contribution in [0.15, 0.2) is 77.6 Å². The average Bonchev–Trinajstić information content (AvgIpc) is 3.41. The molecule has 8 nitrogen and oxygen atoms in total. The Morgan fingerprint density at radius 1 is 0.957 bits per heavy atom. The van der Waals surface area contributed by atoms with E-state index in [0.29, 0.717) is 22.5 Å². The zero-order chi connectivity index (χ0) is 32.4.